The van der Waals surface area contributed by atoms with E-state index < -0.39 is 5.82 Å². The van der Waals surface area contributed by atoms with E-state index in [1.165, 1.54) is 23.5 Å². The Balaban J connectivity index is 1.53. The van der Waals surface area contributed by atoms with Crippen LogP contribution in [0.4, 0.5) is 15.2 Å². The standard InChI is InChI=1S/C22H23ClFN5OS/c1-3-14(2)26-27-22-25-19-18(31-22)9-8-16(23)20(19)28-10-12-29(13-11-28)21(30)15-6-4-5-7-17(15)24/h4-9H,3,10-13H2,1-2H3,(H,25,27)/b26-14-. The van der Waals surface area contributed by atoms with Gasteiger partial charge in [-0.3, -0.25) is 10.2 Å². The zero-order chi connectivity index (χ0) is 22.0. The number of carbonyl (C=O) groups is 1. The first-order valence-corrected chi connectivity index (χ1v) is 11.3. The molecule has 6 nitrogen and oxygen atoms in total. The lowest BCUT2D eigenvalue weighted by molar-refractivity contribution is 0.0742. The van der Waals surface area contributed by atoms with Crippen LogP contribution in [0.3, 0.4) is 0 Å². The maximum atomic E-state index is 14.0. The second-order valence-corrected chi connectivity index (χ2v) is 8.77. The van der Waals surface area contributed by atoms with Gasteiger partial charge in [-0.15, -0.1) is 0 Å². The van der Waals surface area contributed by atoms with E-state index in [0.717, 1.165) is 28.0 Å². The number of thiazole rings is 1. The SMILES string of the molecule is CC/C(C)=N\Nc1nc2c(N3CCN(C(=O)c4ccccc4F)CC3)c(Cl)ccc2s1. The number of halogens is 2. The molecular formula is C22H23ClFN5OS. The molecule has 0 unspecified atom stereocenters. The second kappa shape index (κ2) is 9.20. The minimum atomic E-state index is -0.494. The molecule has 1 aromatic heterocycles. The number of carbonyl (C=O) groups excluding carboxylic acids is 1. The Labute approximate surface area is 189 Å². The highest BCUT2D eigenvalue weighted by Crippen LogP contribution is 2.38. The van der Waals surface area contributed by atoms with Crippen molar-refractivity contribution in [1.82, 2.24) is 9.88 Å². The number of anilines is 2. The van der Waals surface area contributed by atoms with E-state index >= 15 is 0 Å². The molecule has 1 amide bonds. The zero-order valence-electron chi connectivity index (χ0n) is 17.4. The highest BCUT2D eigenvalue weighted by molar-refractivity contribution is 7.22. The van der Waals surface area contributed by atoms with Crippen LogP contribution in [0.5, 0.6) is 0 Å². The summed E-state index contributed by atoms with van der Waals surface area (Å²) in [5, 5.41) is 5.66. The predicted octanol–water partition coefficient (Wildman–Crippen LogP) is 5.25. The minimum absolute atomic E-state index is 0.106. The Morgan fingerprint density at radius 2 is 1.97 bits per heavy atom. The van der Waals surface area contributed by atoms with Crippen molar-refractivity contribution in [3.8, 4) is 0 Å². The number of fused-ring (bicyclic) bond motifs is 1. The summed E-state index contributed by atoms with van der Waals surface area (Å²) in [5.74, 6) is -0.780. The number of hydrogen-bond acceptors (Lipinski definition) is 6. The smallest absolute Gasteiger partial charge is 0.256 e. The van der Waals surface area contributed by atoms with Gasteiger partial charge in [-0.1, -0.05) is 42.0 Å². The number of amides is 1. The molecule has 0 saturated carbocycles. The summed E-state index contributed by atoms with van der Waals surface area (Å²) in [7, 11) is 0. The first-order chi connectivity index (χ1) is 15.0. The Bertz CT molecular complexity index is 1140. The maximum absolute atomic E-state index is 14.0. The average Bonchev–Trinajstić information content (AvgIpc) is 3.20. The van der Waals surface area contributed by atoms with E-state index in [1.54, 1.807) is 17.0 Å². The molecule has 31 heavy (non-hydrogen) atoms. The number of piperazine rings is 1. The van der Waals surface area contributed by atoms with Crippen LogP contribution in [0.2, 0.25) is 5.02 Å². The van der Waals surface area contributed by atoms with Gasteiger partial charge in [0.15, 0.2) is 0 Å². The van der Waals surface area contributed by atoms with Crippen molar-refractivity contribution in [2.75, 3.05) is 36.5 Å². The molecule has 0 bridgehead atoms. The Kier molecular flexibility index (Phi) is 6.38. The van der Waals surface area contributed by atoms with E-state index in [0.29, 0.717) is 36.3 Å². The van der Waals surface area contributed by atoms with Gasteiger partial charge in [0.05, 0.1) is 21.0 Å². The first-order valence-electron chi connectivity index (χ1n) is 10.1. The molecule has 2 heterocycles. The molecule has 1 N–H and O–H groups in total. The first kappa shape index (κ1) is 21.5. The van der Waals surface area contributed by atoms with Gasteiger partial charge in [0.2, 0.25) is 5.13 Å². The summed E-state index contributed by atoms with van der Waals surface area (Å²) in [6.45, 7) is 6.15. The molecular weight excluding hydrogens is 437 g/mol. The monoisotopic (exact) mass is 459 g/mol. The molecule has 0 aliphatic carbocycles. The largest absolute Gasteiger partial charge is 0.365 e. The van der Waals surface area contributed by atoms with Gasteiger partial charge in [0.1, 0.15) is 11.3 Å². The highest BCUT2D eigenvalue weighted by Gasteiger charge is 2.26. The summed E-state index contributed by atoms with van der Waals surface area (Å²) in [6.07, 6.45) is 0.866. The fourth-order valence-corrected chi connectivity index (χ4v) is 4.55. The summed E-state index contributed by atoms with van der Waals surface area (Å²) < 4.78 is 15.0. The third kappa shape index (κ3) is 4.50. The molecule has 1 fully saturated rings. The number of nitrogens with one attached hydrogen (secondary N) is 1. The summed E-state index contributed by atoms with van der Waals surface area (Å²) in [5.41, 5.74) is 5.80. The van der Waals surface area contributed by atoms with Gasteiger partial charge >= 0.3 is 0 Å². The van der Waals surface area contributed by atoms with Crippen molar-refractivity contribution < 1.29 is 9.18 Å². The topological polar surface area (TPSA) is 60.8 Å². The van der Waals surface area contributed by atoms with E-state index in [-0.39, 0.29) is 11.5 Å². The number of rotatable bonds is 5. The number of nitrogens with zero attached hydrogens (tertiary/aromatic N) is 4. The van der Waals surface area contributed by atoms with Crippen LogP contribution in [0.25, 0.3) is 10.2 Å². The van der Waals surface area contributed by atoms with Crippen LogP contribution in [-0.2, 0) is 0 Å². The Morgan fingerprint density at radius 1 is 1.23 bits per heavy atom. The third-order valence-corrected chi connectivity index (χ3v) is 6.56. The molecule has 1 saturated heterocycles. The van der Waals surface area contributed by atoms with Gasteiger partial charge in [0, 0.05) is 31.9 Å². The van der Waals surface area contributed by atoms with Crippen molar-refractivity contribution in [1.29, 1.82) is 0 Å². The number of aromatic nitrogens is 1. The van der Waals surface area contributed by atoms with Crippen LogP contribution in [0.15, 0.2) is 41.5 Å². The van der Waals surface area contributed by atoms with E-state index in [2.05, 4.69) is 15.4 Å². The zero-order valence-corrected chi connectivity index (χ0v) is 18.9. The molecule has 0 atom stereocenters. The molecule has 9 heteroatoms. The molecule has 4 rings (SSSR count). The van der Waals surface area contributed by atoms with Gasteiger partial charge in [-0.2, -0.15) is 5.10 Å². The maximum Gasteiger partial charge on any atom is 0.256 e. The fourth-order valence-electron chi connectivity index (χ4n) is 3.46. The van der Waals surface area contributed by atoms with Crippen LogP contribution in [0.1, 0.15) is 30.6 Å². The van der Waals surface area contributed by atoms with E-state index in [4.69, 9.17) is 16.6 Å². The van der Waals surface area contributed by atoms with Gasteiger partial charge in [-0.25, -0.2) is 9.37 Å². The number of hydrogen-bond donors (Lipinski definition) is 1. The molecule has 0 spiro atoms. The number of benzene rings is 2. The lowest BCUT2D eigenvalue weighted by Crippen LogP contribution is -2.49. The lowest BCUT2D eigenvalue weighted by Gasteiger charge is -2.36. The Hall–Kier alpha value is -2.71. The third-order valence-electron chi connectivity index (χ3n) is 5.33. The van der Waals surface area contributed by atoms with Crippen molar-refractivity contribution in [3.63, 3.8) is 0 Å². The quantitative estimate of drug-likeness (QED) is 0.418. The normalized spacial score (nSPS) is 14.9. The summed E-state index contributed by atoms with van der Waals surface area (Å²) >= 11 is 8.08. The Morgan fingerprint density at radius 3 is 2.68 bits per heavy atom. The van der Waals surface area contributed by atoms with E-state index in [9.17, 15) is 9.18 Å². The minimum Gasteiger partial charge on any atom is -0.365 e. The summed E-state index contributed by atoms with van der Waals surface area (Å²) in [4.78, 5) is 21.2. The van der Waals surface area contributed by atoms with Gasteiger partial charge in [0.25, 0.3) is 5.91 Å². The molecule has 0 radical (unpaired) electrons. The molecule has 2 aromatic carbocycles. The molecule has 3 aromatic rings. The molecule has 162 valence electrons. The number of hydrazone groups is 1. The van der Waals surface area contributed by atoms with E-state index in [1.807, 2.05) is 26.0 Å². The van der Waals surface area contributed by atoms with Crippen LogP contribution in [0, 0.1) is 5.82 Å². The van der Waals surface area contributed by atoms with Crippen LogP contribution in [-0.4, -0.2) is 47.7 Å². The fraction of sp³-hybridized carbons (Fsp3) is 0.318. The van der Waals surface area contributed by atoms with Crippen LogP contribution < -0.4 is 10.3 Å². The van der Waals surface area contributed by atoms with Crippen molar-refractivity contribution in [2.45, 2.75) is 20.3 Å². The second-order valence-electron chi connectivity index (χ2n) is 7.33. The summed E-state index contributed by atoms with van der Waals surface area (Å²) in [6, 6.07) is 9.92. The average molecular weight is 460 g/mol. The van der Waals surface area contributed by atoms with Gasteiger partial charge in [-0.05, 0) is 37.6 Å². The molecule has 1 aliphatic rings. The molecule has 1 aliphatic heterocycles. The van der Waals surface area contributed by atoms with Crippen molar-refractivity contribution >= 4 is 55.6 Å². The lowest BCUT2D eigenvalue weighted by atomic mass is 10.1. The highest BCUT2D eigenvalue weighted by atomic mass is 35.5. The van der Waals surface area contributed by atoms with Crippen molar-refractivity contribution in [3.05, 3.63) is 52.8 Å². The van der Waals surface area contributed by atoms with Gasteiger partial charge < -0.3 is 9.80 Å². The van der Waals surface area contributed by atoms with Crippen molar-refractivity contribution in [2.24, 2.45) is 5.10 Å². The van der Waals surface area contributed by atoms with Crippen LogP contribution >= 0.6 is 22.9 Å². The predicted molar refractivity (Wildman–Crippen MR) is 126 cm³/mol.